The first-order valence-electron chi connectivity index (χ1n) is 7.99. The van der Waals surface area contributed by atoms with Crippen molar-refractivity contribution < 1.29 is 4.74 Å². The molecule has 0 saturated heterocycles. The van der Waals surface area contributed by atoms with Crippen molar-refractivity contribution >= 4 is 16.6 Å². The van der Waals surface area contributed by atoms with E-state index in [2.05, 4.69) is 22.4 Å². The second kappa shape index (κ2) is 6.33. The molecule has 0 unspecified atom stereocenters. The third kappa shape index (κ3) is 3.12. The fourth-order valence-electron chi connectivity index (χ4n) is 3.28. The van der Waals surface area contributed by atoms with Gasteiger partial charge in [-0.1, -0.05) is 37.8 Å². The number of hydrogen-bond acceptors (Lipinski definition) is 3. The van der Waals surface area contributed by atoms with Crippen molar-refractivity contribution in [3.05, 3.63) is 30.0 Å². The number of fused-ring (bicyclic) bond motifs is 1. The highest BCUT2D eigenvalue weighted by molar-refractivity contribution is 5.95. The number of nitrogens with one attached hydrogen (secondary N) is 1. The molecule has 1 aliphatic carbocycles. The number of pyridine rings is 1. The Hall–Kier alpha value is -1.77. The van der Waals surface area contributed by atoms with Crippen molar-refractivity contribution in [1.29, 1.82) is 0 Å². The fourth-order valence-corrected chi connectivity index (χ4v) is 3.28. The Bertz CT molecular complexity index is 616. The predicted molar refractivity (Wildman–Crippen MR) is 88.1 cm³/mol. The van der Waals surface area contributed by atoms with E-state index in [-0.39, 0.29) is 0 Å². The van der Waals surface area contributed by atoms with E-state index in [1.807, 2.05) is 19.1 Å². The maximum absolute atomic E-state index is 5.46. The third-order valence-corrected chi connectivity index (χ3v) is 4.37. The zero-order valence-electron chi connectivity index (χ0n) is 13.0. The maximum Gasteiger partial charge on any atom is 0.145 e. The largest absolute Gasteiger partial charge is 0.494 e. The zero-order chi connectivity index (χ0) is 14.7. The summed E-state index contributed by atoms with van der Waals surface area (Å²) in [6, 6.07) is 8.89. The SMILES string of the molecule is COc1cccc2c(NC3CCCCCC3)cc(C)nc12. The second-order valence-corrected chi connectivity index (χ2v) is 6.00. The highest BCUT2D eigenvalue weighted by Crippen LogP contribution is 2.31. The van der Waals surface area contributed by atoms with Gasteiger partial charge in [0.1, 0.15) is 11.3 Å². The molecule has 0 bridgehead atoms. The summed E-state index contributed by atoms with van der Waals surface area (Å²) in [6.07, 6.45) is 7.97. The molecule has 0 amide bonds. The van der Waals surface area contributed by atoms with Crippen LogP contribution in [-0.4, -0.2) is 18.1 Å². The second-order valence-electron chi connectivity index (χ2n) is 6.00. The molecule has 1 fully saturated rings. The van der Waals surface area contributed by atoms with Crippen LogP contribution in [0.4, 0.5) is 5.69 Å². The summed E-state index contributed by atoms with van der Waals surface area (Å²) in [4.78, 5) is 4.65. The molecule has 3 heteroatoms. The van der Waals surface area contributed by atoms with Gasteiger partial charge >= 0.3 is 0 Å². The molecule has 112 valence electrons. The van der Waals surface area contributed by atoms with Gasteiger partial charge in [0, 0.05) is 22.8 Å². The van der Waals surface area contributed by atoms with Crippen molar-refractivity contribution in [2.45, 2.75) is 51.5 Å². The van der Waals surface area contributed by atoms with Crippen LogP contribution < -0.4 is 10.1 Å². The summed E-state index contributed by atoms with van der Waals surface area (Å²) in [6.45, 7) is 2.05. The number of methoxy groups -OCH3 is 1. The molecular formula is C18H24N2O. The molecule has 2 aromatic rings. The van der Waals surface area contributed by atoms with Gasteiger partial charge in [0.25, 0.3) is 0 Å². The lowest BCUT2D eigenvalue weighted by molar-refractivity contribution is 0.419. The van der Waals surface area contributed by atoms with Crippen LogP contribution in [0, 0.1) is 6.92 Å². The summed E-state index contributed by atoms with van der Waals surface area (Å²) in [7, 11) is 1.71. The Kier molecular flexibility index (Phi) is 4.28. The van der Waals surface area contributed by atoms with Gasteiger partial charge in [-0.3, -0.25) is 0 Å². The molecular weight excluding hydrogens is 260 g/mol. The lowest BCUT2D eigenvalue weighted by Gasteiger charge is -2.20. The van der Waals surface area contributed by atoms with E-state index in [1.165, 1.54) is 44.2 Å². The zero-order valence-corrected chi connectivity index (χ0v) is 13.0. The number of nitrogens with zero attached hydrogens (tertiary/aromatic N) is 1. The van der Waals surface area contributed by atoms with Crippen molar-refractivity contribution in [3.8, 4) is 5.75 Å². The summed E-state index contributed by atoms with van der Waals surface area (Å²) in [5.74, 6) is 0.847. The van der Waals surface area contributed by atoms with Gasteiger partial charge < -0.3 is 10.1 Å². The fraction of sp³-hybridized carbons (Fsp3) is 0.500. The van der Waals surface area contributed by atoms with Gasteiger partial charge in [-0.05, 0) is 31.9 Å². The van der Waals surface area contributed by atoms with Crippen LogP contribution in [0.1, 0.15) is 44.2 Å². The predicted octanol–water partition coefficient (Wildman–Crippen LogP) is 4.69. The summed E-state index contributed by atoms with van der Waals surface area (Å²) < 4.78 is 5.46. The quantitative estimate of drug-likeness (QED) is 0.830. The molecule has 1 N–H and O–H groups in total. The molecule has 3 rings (SSSR count). The Labute approximate surface area is 126 Å². The topological polar surface area (TPSA) is 34.1 Å². The smallest absolute Gasteiger partial charge is 0.145 e. The summed E-state index contributed by atoms with van der Waals surface area (Å²) in [5, 5.41) is 4.92. The van der Waals surface area contributed by atoms with Crippen molar-refractivity contribution in [3.63, 3.8) is 0 Å². The van der Waals surface area contributed by atoms with E-state index < -0.39 is 0 Å². The number of hydrogen-bond donors (Lipinski definition) is 1. The normalized spacial score (nSPS) is 16.7. The summed E-state index contributed by atoms with van der Waals surface area (Å²) >= 11 is 0. The van der Waals surface area contributed by atoms with E-state index >= 15 is 0 Å². The molecule has 3 nitrogen and oxygen atoms in total. The minimum Gasteiger partial charge on any atom is -0.494 e. The molecule has 1 aromatic heterocycles. The molecule has 0 aliphatic heterocycles. The number of aryl methyl sites for hydroxylation is 1. The van der Waals surface area contributed by atoms with Crippen LogP contribution in [0.3, 0.4) is 0 Å². The average molecular weight is 284 g/mol. The lowest BCUT2D eigenvalue weighted by atomic mass is 10.1. The highest BCUT2D eigenvalue weighted by Gasteiger charge is 2.15. The van der Waals surface area contributed by atoms with Gasteiger partial charge in [0.15, 0.2) is 0 Å². The van der Waals surface area contributed by atoms with E-state index in [9.17, 15) is 0 Å². The van der Waals surface area contributed by atoms with Gasteiger partial charge in [-0.15, -0.1) is 0 Å². The van der Waals surface area contributed by atoms with E-state index in [4.69, 9.17) is 4.74 Å². The molecule has 1 aliphatic rings. The lowest BCUT2D eigenvalue weighted by Crippen LogP contribution is -2.18. The van der Waals surface area contributed by atoms with Crippen LogP contribution in [0.2, 0.25) is 0 Å². The first-order chi connectivity index (χ1) is 10.3. The van der Waals surface area contributed by atoms with Crippen LogP contribution in [0.25, 0.3) is 10.9 Å². The van der Waals surface area contributed by atoms with Gasteiger partial charge in [0.05, 0.1) is 7.11 Å². The first kappa shape index (κ1) is 14.2. The Morgan fingerprint density at radius 3 is 2.62 bits per heavy atom. The van der Waals surface area contributed by atoms with E-state index in [0.717, 1.165) is 22.3 Å². The number of rotatable bonds is 3. The Morgan fingerprint density at radius 1 is 1.14 bits per heavy atom. The number of benzene rings is 1. The molecule has 1 heterocycles. The van der Waals surface area contributed by atoms with E-state index in [1.54, 1.807) is 7.11 Å². The molecule has 1 aromatic carbocycles. The third-order valence-electron chi connectivity index (χ3n) is 4.37. The van der Waals surface area contributed by atoms with E-state index in [0.29, 0.717) is 6.04 Å². The molecule has 0 spiro atoms. The van der Waals surface area contributed by atoms with Crippen molar-refractivity contribution in [2.75, 3.05) is 12.4 Å². The van der Waals surface area contributed by atoms with Crippen LogP contribution in [0.5, 0.6) is 5.75 Å². The standard InChI is InChI=1S/C18H24N2O/c1-13-12-16(20-14-8-5-3-4-6-9-14)15-10-7-11-17(21-2)18(15)19-13/h7,10-12,14H,3-6,8-9H2,1-2H3,(H,19,20). The van der Waals surface area contributed by atoms with Crippen molar-refractivity contribution in [2.24, 2.45) is 0 Å². The molecule has 21 heavy (non-hydrogen) atoms. The van der Waals surface area contributed by atoms with Crippen molar-refractivity contribution in [1.82, 2.24) is 4.98 Å². The number of anilines is 1. The Morgan fingerprint density at radius 2 is 1.90 bits per heavy atom. The van der Waals surface area contributed by atoms with Crippen LogP contribution >= 0.6 is 0 Å². The Balaban J connectivity index is 1.97. The van der Waals surface area contributed by atoms with Crippen LogP contribution in [-0.2, 0) is 0 Å². The number of aromatic nitrogens is 1. The van der Waals surface area contributed by atoms with Gasteiger partial charge in [-0.2, -0.15) is 0 Å². The molecule has 0 atom stereocenters. The monoisotopic (exact) mass is 284 g/mol. The summed E-state index contributed by atoms with van der Waals surface area (Å²) in [5.41, 5.74) is 3.18. The molecule has 1 saturated carbocycles. The average Bonchev–Trinajstić information content (AvgIpc) is 2.75. The maximum atomic E-state index is 5.46. The first-order valence-corrected chi connectivity index (χ1v) is 7.99. The minimum atomic E-state index is 0.587. The number of para-hydroxylation sites is 1. The van der Waals surface area contributed by atoms with Crippen LogP contribution in [0.15, 0.2) is 24.3 Å². The van der Waals surface area contributed by atoms with Gasteiger partial charge in [0.2, 0.25) is 0 Å². The molecule has 0 radical (unpaired) electrons. The van der Waals surface area contributed by atoms with Gasteiger partial charge in [-0.25, -0.2) is 4.98 Å². The minimum absolute atomic E-state index is 0.587. The number of ether oxygens (including phenoxy) is 1. The highest BCUT2D eigenvalue weighted by atomic mass is 16.5.